The van der Waals surface area contributed by atoms with Crippen molar-refractivity contribution in [2.24, 2.45) is 0 Å². The third kappa shape index (κ3) is 2.90. The molecule has 1 N–H and O–H groups in total. The lowest BCUT2D eigenvalue weighted by atomic mass is 9.86. The van der Waals surface area contributed by atoms with E-state index in [-0.39, 0.29) is 24.4 Å². The minimum absolute atomic E-state index is 0.000634. The molecule has 154 valence electrons. The third-order valence-corrected chi connectivity index (χ3v) is 7.25. The van der Waals surface area contributed by atoms with Crippen LogP contribution in [-0.2, 0) is 22.6 Å². The second-order valence-corrected chi connectivity index (χ2v) is 9.20. The van der Waals surface area contributed by atoms with Crippen molar-refractivity contribution in [3.63, 3.8) is 0 Å². The SMILES string of the molecule is O=C1[C@@H]2Cc3c([nH]c4ccccc34)[C@@H](c3ccccc3)N2C(=O)CN1Cc1cccs1. The molecule has 1 fully saturated rings. The Bertz CT molecular complexity index is 1280. The number of thiophene rings is 1. The Morgan fingerprint density at radius 2 is 1.77 bits per heavy atom. The Balaban J connectivity index is 1.48. The van der Waals surface area contributed by atoms with Crippen LogP contribution in [0.3, 0.4) is 0 Å². The summed E-state index contributed by atoms with van der Waals surface area (Å²) in [4.78, 5) is 35.2. The normalized spacial score (nSPS) is 20.8. The van der Waals surface area contributed by atoms with E-state index in [0.717, 1.165) is 32.6 Å². The van der Waals surface area contributed by atoms with Crippen LogP contribution in [-0.4, -0.2) is 39.2 Å². The summed E-state index contributed by atoms with van der Waals surface area (Å²) >= 11 is 1.61. The number of H-pyrrole nitrogens is 1. The molecule has 0 saturated carbocycles. The first-order valence-corrected chi connectivity index (χ1v) is 11.4. The van der Waals surface area contributed by atoms with E-state index >= 15 is 0 Å². The van der Waals surface area contributed by atoms with Crippen LogP contribution >= 0.6 is 11.3 Å². The van der Waals surface area contributed by atoms with Crippen molar-refractivity contribution in [1.82, 2.24) is 14.8 Å². The number of nitrogens with one attached hydrogen (secondary N) is 1. The van der Waals surface area contributed by atoms with Crippen molar-refractivity contribution in [3.8, 4) is 0 Å². The van der Waals surface area contributed by atoms with Crippen molar-refractivity contribution in [2.75, 3.05) is 6.54 Å². The highest BCUT2D eigenvalue weighted by Crippen LogP contribution is 2.42. The van der Waals surface area contributed by atoms with Gasteiger partial charge < -0.3 is 14.8 Å². The van der Waals surface area contributed by atoms with Crippen molar-refractivity contribution in [1.29, 1.82) is 0 Å². The van der Waals surface area contributed by atoms with E-state index in [1.165, 1.54) is 0 Å². The summed E-state index contributed by atoms with van der Waals surface area (Å²) in [5.74, 6) is 0.0316. The number of benzene rings is 2. The molecule has 4 aromatic rings. The highest BCUT2D eigenvalue weighted by atomic mass is 32.1. The number of aromatic nitrogens is 1. The number of hydrogen-bond acceptors (Lipinski definition) is 3. The third-order valence-electron chi connectivity index (χ3n) is 6.38. The van der Waals surface area contributed by atoms with E-state index in [1.54, 1.807) is 16.2 Å². The summed E-state index contributed by atoms with van der Waals surface area (Å²) < 4.78 is 0. The van der Waals surface area contributed by atoms with Gasteiger partial charge in [0.15, 0.2) is 0 Å². The molecule has 2 amide bonds. The van der Waals surface area contributed by atoms with Crippen LogP contribution in [0.1, 0.15) is 27.7 Å². The topological polar surface area (TPSA) is 56.4 Å². The lowest BCUT2D eigenvalue weighted by Gasteiger charge is -2.47. The zero-order valence-corrected chi connectivity index (χ0v) is 17.6. The molecule has 0 unspecified atom stereocenters. The van der Waals surface area contributed by atoms with Crippen LogP contribution in [0, 0.1) is 0 Å². The molecule has 6 heteroatoms. The minimum Gasteiger partial charge on any atom is -0.356 e. The molecule has 6 rings (SSSR count). The van der Waals surface area contributed by atoms with Crippen LogP contribution in [0.2, 0.25) is 0 Å². The zero-order chi connectivity index (χ0) is 20.9. The van der Waals surface area contributed by atoms with Crippen molar-refractivity contribution in [2.45, 2.75) is 25.0 Å². The highest BCUT2D eigenvalue weighted by molar-refractivity contribution is 7.09. The van der Waals surface area contributed by atoms with Gasteiger partial charge in [-0.2, -0.15) is 0 Å². The van der Waals surface area contributed by atoms with Crippen LogP contribution in [0.25, 0.3) is 10.9 Å². The van der Waals surface area contributed by atoms with Crippen LogP contribution in [0.15, 0.2) is 72.1 Å². The summed E-state index contributed by atoms with van der Waals surface area (Å²) in [5.41, 5.74) is 4.23. The molecular weight excluding hydrogens is 406 g/mol. The van der Waals surface area contributed by atoms with Gasteiger partial charge in [0.05, 0.1) is 12.6 Å². The molecule has 2 aromatic carbocycles. The van der Waals surface area contributed by atoms with Gasteiger partial charge >= 0.3 is 0 Å². The number of hydrogen-bond donors (Lipinski definition) is 1. The van der Waals surface area contributed by atoms with Gasteiger partial charge in [-0.15, -0.1) is 11.3 Å². The molecular formula is C25H21N3O2S. The lowest BCUT2D eigenvalue weighted by Crippen LogP contribution is -2.62. The molecule has 0 spiro atoms. The Labute approximate surface area is 183 Å². The van der Waals surface area contributed by atoms with E-state index in [0.29, 0.717) is 13.0 Å². The number of rotatable bonds is 3. The van der Waals surface area contributed by atoms with Crippen LogP contribution in [0.5, 0.6) is 0 Å². The largest absolute Gasteiger partial charge is 0.356 e. The van der Waals surface area contributed by atoms with Crippen molar-refractivity contribution in [3.05, 3.63) is 93.8 Å². The van der Waals surface area contributed by atoms with Crippen LogP contribution < -0.4 is 0 Å². The molecule has 0 aliphatic carbocycles. The number of aromatic amines is 1. The number of nitrogens with zero attached hydrogens (tertiary/aromatic N) is 2. The van der Waals surface area contributed by atoms with E-state index in [4.69, 9.17) is 0 Å². The van der Waals surface area contributed by atoms with Gasteiger partial charge in [-0.25, -0.2) is 0 Å². The van der Waals surface area contributed by atoms with Gasteiger partial charge in [0.1, 0.15) is 12.6 Å². The van der Waals surface area contributed by atoms with Gasteiger partial charge in [-0.05, 0) is 28.6 Å². The van der Waals surface area contributed by atoms with E-state index in [9.17, 15) is 9.59 Å². The van der Waals surface area contributed by atoms with E-state index < -0.39 is 6.04 Å². The maximum absolute atomic E-state index is 13.6. The minimum atomic E-state index is -0.488. The summed E-state index contributed by atoms with van der Waals surface area (Å²) in [6.45, 7) is 0.607. The summed E-state index contributed by atoms with van der Waals surface area (Å²) in [5, 5.41) is 3.14. The number of fused-ring (bicyclic) bond motifs is 4. The van der Waals surface area contributed by atoms with Gasteiger partial charge in [0.25, 0.3) is 0 Å². The molecule has 2 aliphatic heterocycles. The fraction of sp³-hybridized carbons (Fsp3) is 0.200. The smallest absolute Gasteiger partial charge is 0.246 e. The molecule has 2 aromatic heterocycles. The Kier molecular flexibility index (Phi) is 4.21. The van der Waals surface area contributed by atoms with Gasteiger partial charge in [0.2, 0.25) is 11.8 Å². The standard InChI is InChI=1S/C25H21N3O2S/c29-22-15-27(14-17-9-6-12-31-17)25(30)21-13-19-18-10-4-5-11-20(18)26-23(19)24(28(21)22)16-7-2-1-3-8-16/h1-12,21,24,26H,13-15H2/t21-,24+/m0/s1. The van der Waals surface area contributed by atoms with Crippen molar-refractivity contribution < 1.29 is 9.59 Å². The number of carbonyl (C=O) groups excluding carboxylic acids is 2. The molecule has 2 atom stereocenters. The Morgan fingerprint density at radius 3 is 2.58 bits per heavy atom. The number of carbonyl (C=O) groups is 2. The summed E-state index contributed by atoms with van der Waals surface area (Å²) in [7, 11) is 0. The Hall–Kier alpha value is -3.38. The predicted molar refractivity (Wildman–Crippen MR) is 121 cm³/mol. The molecule has 1 saturated heterocycles. The van der Waals surface area contributed by atoms with Gasteiger partial charge in [0, 0.05) is 27.9 Å². The average Bonchev–Trinajstić information content (AvgIpc) is 3.44. The second-order valence-electron chi connectivity index (χ2n) is 8.17. The molecule has 2 aliphatic rings. The fourth-order valence-corrected chi connectivity index (χ4v) is 5.75. The van der Waals surface area contributed by atoms with Gasteiger partial charge in [-0.3, -0.25) is 9.59 Å². The van der Waals surface area contributed by atoms with Gasteiger partial charge in [-0.1, -0.05) is 54.6 Å². The quantitative estimate of drug-likeness (QED) is 0.535. The molecule has 4 heterocycles. The van der Waals surface area contributed by atoms with E-state index in [2.05, 4.69) is 17.1 Å². The zero-order valence-electron chi connectivity index (χ0n) is 16.8. The molecule has 5 nitrogen and oxygen atoms in total. The highest BCUT2D eigenvalue weighted by Gasteiger charge is 2.48. The predicted octanol–water partition coefficient (Wildman–Crippen LogP) is 4.11. The maximum atomic E-state index is 13.6. The number of amides is 2. The summed E-state index contributed by atoms with van der Waals surface area (Å²) in [6, 6.07) is 21.4. The first-order chi connectivity index (χ1) is 15.2. The van der Waals surface area contributed by atoms with E-state index in [1.807, 2.05) is 64.9 Å². The first-order valence-electron chi connectivity index (χ1n) is 10.5. The van der Waals surface area contributed by atoms with Crippen LogP contribution in [0.4, 0.5) is 0 Å². The monoisotopic (exact) mass is 427 g/mol. The average molecular weight is 428 g/mol. The molecule has 0 radical (unpaired) electrons. The Morgan fingerprint density at radius 1 is 0.968 bits per heavy atom. The number of piperazine rings is 1. The second kappa shape index (κ2) is 7.10. The first kappa shape index (κ1) is 18.4. The maximum Gasteiger partial charge on any atom is 0.246 e. The molecule has 31 heavy (non-hydrogen) atoms. The lowest BCUT2D eigenvalue weighted by molar-refractivity contribution is -0.159. The van der Waals surface area contributed by atoms with Crippen molar-refractivity contribution >= 4 is 34.1 Å². The fourth-order valence-electron chi connectivity index (χ4n) is 5.03. The summed E-state index contributed by atoms with van der Waals surface area (Å²) in [6.07, 6.45) is 0.536. The molecule has 0 bridgehead atoms. The number of para-hydroxylation sites is 1.